The Morgan fingerprint density at radius 2 is 1.87 bits per heavy atom. The summed E-state index contributed by atoms with van der Waals surface area (Å²) in [6.45, 7) is 2.13. The fraction of sp³-hybridized carbons (Fsp3) is 1.00. The quantitative estimate of drug-likeness (QED) is 0.259. The maximum Gasteiger partial charge on any atom is 1.00 e. The molecule has 15 heavy (non-hydrogen) atoms. The summed E-state index contributed by atoms with van der Waals surface area (Å²) in [6, 6.07) is 0. The molecule has 0 saturated heterocycles. The van der Waals surface area contributed by atoms with Gasteiger partial charge in [0.05, 0.1) is 13.2 Å². The largest absolute Gasteiger partial charge is 1.00 e. The minimum Gasteiger partial charge on any atom is -0.566 e. The van der Waals surface area contributed by atoms with Crippen molar-refractivity contribution in [1.82, 2.24) is 4.90 Å². The molecule has 0 bridgehead atoms. The molecule has 0 spiro atoms. The molecule has 2 N–H and O–H groups in total. The first-order valence-electron chi connectivity index (χ1n) is 4.42. The molecule has 0 aliphatic rings. The van der Waals surface area contributed by atoms with Gasteiger partial charge in [0.1, 0.15) is 0 Å². The summed E-state index contributed by atoms with van der Waals surface area (Å²) in [5.74, 6) is 0. The Bertz CT molecular complexity index is 167. The van der Waals surface area contributed by atoms with Crippen molar-refractivity contribution >= 4 is 8.25 Å². The fourth-order valence-electron chi connectivity index (χ4n) is 1.16. The van der Waals surface area contributed by atoms with Crippen LogP contribution in [0, 0.1) is 0 Å². The van der Waals surface area contributed by atoms with Crippen molar-refractivity contribution in [2.75, 3.05) is 26.3 Å². The molecular weight excluding hydrogens is 232 g/mol. The van der Waals surface area contributed by atoms with Crippen molar-refractivity contribution in [3.05, 3.63) is 0 Å². The van der Waals surface area contributed by atoms with Crippen molar-refractivity contribution < 1.29 is 53.8 Å². The zero-order valence-electron chi connectivity index (χ0n) is 9.13. The van der Waals surface area contributed by atoms with Crippen LogP contribution in [-0.2, 0) is 9.09 Å². The molecule has 2 unspecified atom stereocenters. The van der Waals surface area contributed by atoms with Crippen LogP contribution in [-0.4, -0.2) is 47.6 Å². The normalized spacial score (nSPS) is 13.5. The van der Waals surface area contributed by atoms with Crippen LogP contribution in [0.1, 0.15) is 13.3 Å². The second kappa shape index (κ2) is 11.4. The maximum atomic E-state index is 10.3. The molecule has 2 atom stereocenters. The predicted molar refractivity (Wildman–Crippen MR) is 48.5 cm³/mol. The average Bonchev–Trinajstić information content (AvgIpc) is 2.13. The number of hydrogen-bond donors (Lipinski definition) is 2. The van der Waals surface area contributed by atoms with Crippen LogP contribution in [0.3, 0.4) is 0 Å². The van der Waals surface area contributed by atoms with E-state index in [2.05, 4.69) is 4.52 Å². The monoisotopic (exact) mass is 248 g/mol. The molecule has 0 aliphatic carbocycles. The van der Waals surface area contributed by atoms with Gasteiger partial charge in [-0.15, -0.1) is 4.52 Å². The van der Waals surface area contributed by atoms with Crippen LogP contribution in [0.25, 0.3) is 0 Å². The van der Waals surface area contributed by atoms with Crippen LogP contribution in [0.5, 0.6) is 0 Å². The molecule has 0 radical (unpaired) electrons. The first-order valence-corrected chi connectivity index (χ1v) is 5.52. The molecule has 0 saturated carbocycles. The fourth-order valence-corrected chi connectivity index (χ4v) is 1.64. The van der Waals surface area contributed by atoms with Gasteiger partial charge >= 0.3 is 37.8 Å². The number of hydrogen-bond acceptors (Lipinski definition) is 6. The predicted octanol–water partition coefficient (Wildman–Crippen LogP) is -3.95. The van der Waals surface area contributed by atoms with E-state index in [0.29, 0.717) is 6.42 Å². The van der Waals surface area contributed by atoms with Gasteiger partial charge in [0.25, 0.3) is 0 Å². The Morgan fingerprint density at radius 3 is 2.13 bits per heavy atom. The molecule has 0 heterocycles. The number of aliphatic hydroxyl groups excluding tert-OH is 2. The van der Waals surface area contributed by atoms with Gasteiger partial charge in [0, 0.05) is 13.1 Å². The molecule has 0 aromatic heterocycles. The standard InChI is InChI=1S/C7H16NO5P.Na/c1-2-7(13-14(11)12)8(3-5-9)4-6-10;/h7,9-10H,2-6H2,1H3;/q;+1. The van der Waals surface area contributed by atoms with E-state index in [4.69, 9.17) is 10.2 Å². The van der Waals surface area contributed by atoms with E-state index < -0.39 is 14.5 Å². The third-order valence-corrected chi connectivity index (χ3v) is 2.15. The van der Waals surface area contributed by atoms with E-state index in [0.717, 1.165) is 0 Å². The maximum absolute atomic E-state index is 10.3. The third-order valence-electron chi connectivity index (χ3n) is 1.74. The third kappa shape index (κ3) is 8.68. The van der Waals surface area contributed by atoms with Gasteiger partial charge in [0.2, 0.25) is 0 Å². The van der Waals surface area contributed by atoms with Crippen molar-refractivity contribution in [2.24, 2.45) is 0 Å². The number of aliphatic hydroxyl groups is 2. The van der Waals surface area contributed by atoms with Crippen LogP contribution in [0.15, 0.2) is 0 Å². The smallest absolute Gasteiger partial charge is 0.566 e. The molecule has 6 nitrogen and oxygen atoms in total. The summed E-state index contributed by atoms with van der Waals surface area (Å²) in [5.41, 5.74) is 0. The van der Waals surface area contributed by atoms with Crippen LogP contribution >= 0.6 is 8.25 Å². The van der Waals surface area contributed by atoms with Gasteiger partial charge < -0.3 is 15.1 Å². The molecular formula is C7H16NNaO5P+. The van der Waals surface area contributed by atoms with Gasteiger partial charge in [-0.1, -0.05) is 6.92 Å². The van der Waals surface area contributed by atoms with E-state index in [1.54, 1.807) is 11.8 Å². The van der Waals surface area contributed by atoms with E-state index in [9.17, 15) is 9.46 Å². The summed E-state index contributed by atoms with van der Waals surface area (Å²) in [6.07, 6.45) is -0.126. The summed E-state index contributed by atoms with van der Waals surface area (Å²) < 4.78 is 15.0. The minimum absolute atomic E-state index is 0. The number of nitrogens with zero attached hydrogens (tertiary/aromatic N) is 1. The van der Waals surface area contributed by atoms with Gasteiger partial charge in [-0.25, -0.2) is 0 Å². The van der Waals surface area contributed by atoms with E-state index >= 15 is 0 Å². The van der Waals surface area contributed by atoms with Crippen LogP contribution in [0.4, 0.5) is 0 Å². The molecule has 0 aromatic rings. The first kappa shape index (κ1) is 18.3. The summed E-state index contributed by atoms with van der Waals surface area (Å²) >= 11 is 0. The summed E-state index contributed by atoms with van der Waals surface area (Å²) in [7, 11) is -2.90. The Labute approximate surface area is 112 Å². The molecule has 0 rings (SSSR count). The number of rotatable bonds is 8. The molecule has 0 aliphatic heterocycles. The Balaban J connectivity index is 0. The van der Waals surface area contributed by atoms with Gasteiger partial charge in [-0.3, -0.25) is 4.90 Å². The van der Waals surface area contributed by atoms with Crippen molar-refractivity contribution in [3.63, 3.8) is 0 Å². The second-order valence-corrected chi connectivity index (χ2v) is 3.33. The van der Waals surface area contributed by atoms with Gasteiger partial charge in [0.15, 0.2) is 6.23 Å². The minimum atomic E-state index is -2.90. The zero-order valence-corrected chi connectivity index (χ0v) is 12.0. The van der Waals surface area contributed by atoms with E-state index in [-0.39, 0.29) is 55.9 Å². The van der Waals surface area contributed by atoms with Crippen molar-refractivity contribution in [2.45, 2.75) is 19.6 Å². The second-order valence-electron chi connectivity index (χ2n) is 2.68. The van der Waals surface area contributed by atoms with Gasteiger partial charge in [-0.2, -0.15) is 0 Å². The SMILES string of the molecule is CCC(O[P+](=O)[O-])N(CCO)CCO.[Na+]. The summed E-state index contributed by atoms with van der Waals surface area (Å²) in [5, 5.41) is 17.4. The molecule has 0 amide bonds. The Hall–Kier alpha value is 0.900. The van der Waals surface area contributed by atoms with E-state index in [1.165, 1.54) is 0 Å². The van der Waals surface area contributed by atoms with Crippen molar-refractivity contribution in [3.8, 4) is 0 Å². The van der Waals surface area contributed by atoms with Crippen molar-refractivity contribution in [1.29, 1.82) is 0 Å². The first-order chi connectivity index (χ1) is 6.65. The zero-order chi connectivity index (χ0) is 11.0. The molecule has 84 valence electrons. The van der Waals surface area contributed by atoms with Crippen LogP contribution in [0.2, 0.25) is 0 Å². The molecule has 0 aromatic carbocycles. The Morgan fingerprint density at radius 1 is 1.40 bits per heavy atom. The van der Waals surface area contributed by atoms with E-state index in [1.807, 2.05) is 0 Å². The average molecular weight is 248 g/mol. The molecule has 8 heteroatoms. The summed E-state index contributed by atoms with van der Waals surface area (Å²) in [4.78, 5) is 11.9. The van der Waals surface area contributed by atoms with Crippen LogP contribution < -0.4 is 34.5 Å². The molecule has 0 fully saturated rings. The Kier molecular flexibility index (Phi) is 13.9. The topological polar surface area (TPSA) is 93.1 Å². The van der Waals surface area contributed by atoms with Gasteiger partial charge in [-0.05, 0) is 11.0 Å².